The zero-order valence-electron chi connectivity index (χ0n) is 15.2. The summed E-state index contributed by atoms with van der Waals surface area (Å²) in [5.41, 5.74) is 3.03. The molecule has 0 bridgehead atoms. The van der Waals surface area contributed by atoms with Crippen molar-refractivity contribution in [2.24, 2.45) is 0 Å². The Morgan fingerprint density at radius 3 is 2.38 bits per heavy atom. The first-order valence-electron chi connectivity index (χ1n) is 8.93. The molecule has 2 heterocycles. The van der Waals surface area contributed by atoms with Crippen molar-refractivity contribution in [1.29, 1.82) is 0 Å². The van der Waals surface area contributed by atoms with Crippen molar-refractivity contribution in [2.45, 2.75) is 13.1 Å². The lowest BCUT2D eigenvalue weighted by Gasteiger charge is -2.07. The third-order valence-corrected chi connectivity index (χ3v) is 4.39. The van der Waals surface area contributed by atoms with Crippen molar-refractivity contribution in [1.82, 2.24) is 24.9 Å². The van der Waals surface area contributed by atoms with Crippen molar-refractivity contribution in [3.63, 3.8) is 0 Å². The van der Waals surface area contributed by atoms with Gasteiger partial charge in [-0.1, -0.05) is 48.5 Å². The molecule has 6 nitrogen and oxygen atoms in total. The third-order valence-electron chi connectivity index (χ3n) is 4.39. The molecule has 1 N–H and O–H groups in total. The van der Waals surface area contributed by atoms with Gasteiger partial charge in [0.2, 0.25) is 0 Å². The lowest BCUT2D eigenvalue weighted by molar-refractivity contribution is 0.0509. The van der Waals surface area contributed by atoms with Crippen LogP contribution < -0.4 is 5.32 Å². The predicted molar refractivity (Wildman–Crippen MR) is 104 cm³/mol. The van der Waals surface area contributed by atoms with E-state index in [1.54, 1.807) is 4.68 Å². The van der Waals surface area contributed by atoms with E-state index >= 15 is 0 Å². The molecule has 4 aromatic rings. The highest BCUT2D eigenvalue weighted by molar-refractivity contribution is 5.92. The summed E-state index contributed by atoms with van der Waals surface area (Å²) in [5.74, 6) is -0.630. The Labute approximate surface area is 165 Å². The Morgan fingerprint density at radius 1 is 1.00 bits per heavy atom. The van der Waals surface area contributed by atoms with E-state index in [2.05, 4.69) is 15.5 Å². The van der Waals surface area contributed by atoms with Crippen LogP contribution in [0.15, 0.2) is 79.1 Å². The summed E-state index contributed by atoms with van der Waals surface area (Å²) < 4.78 is 28.1. The maximum Gasteiger partial charge on any atom is 0.333 e. The normalized spacial score (nSPS) is 11.0. The second kappa shape index (κ2) is 8.05. The van der Waals surface area contributed by atoms with Gasteiger partial charge in [0.15, 0.2) is 0 Å². The number of rotatable bonds is 6. The molecule has 0 aliphatic carbocycles. The van der Waals surface area contributed by atoms with Crippen LogP contribution >= 0.6 is 0 Å². The van der Waals surface area contributed by atoms with Gasteiger partial charge in [0.1, 0.15) is 5.69 Å². The van der Waals surface area contributed by atoms with E-state index in [0.29, 0.717) is 10.4 Å². The molecule has 0 saturated heterocycles. The summed E-state index contributed by atoms with van der Waals surface area (Å²) in [7, 11) is 0. The molecule has 2 aromatic heterocycles. The van der Waals surface area contributed by atoms with Crippen LogP contribution in [0, 0.1) is 0 Å². The lowest BCUT2D eigenvalue weighted by Crippen LogP contribution is -2.26. The van der Waals surface area contributed by atoms with E-state index in [4.69, 9.17) is 0 Å². The van der Waals surface area contributed by atoms with Crippen LogP contribution in [0.25, 0.3) is 16.9 Å². The average molecular weight is 393 g/mol. The van der Waals surface area contributed by atoms with Gasteiger partial charge in [0, 0.05) is 30.1 Å². The molecule has 0 aliphatic heterocycles. The van der Waals surface area contributed by atoms with Crippen molar-refractivity contribution >= 4 is 5.91 Å². The molecule has 0 aliphatic rings. The van der Waals surface area contributed by atoms with Gasteiger partial charge in [-0.25, -0.2) is 4.68 Å². The van der Waals surface area contributed by atoms with Gasteiger partial charge in [-0.3, -0.25) is 4.79 Å². The molecule has 0 saturated carbocycles. The van der Waals surface area contributed by atoms with Crippen LogP contribution in [0.4, 0.5) is 8.78 Å². The molecule has 4 rings (SSSR count). The minimum Gasteiger partial charge on any atom is -0.346 e. The highest BCUT2D eigenvalue weighted by Crippen LogP contribution is 2.23. The van der Waals surface area contributed by atoms with Crippen LogP contribution in [0.1, 0.15) is 22.6 Å². The molecule has 29 heavy (non-hydrogen) atoms. The lowest BCUT2D eigenvalue weighted by atomic mass is 10.1. The average Bonchev–Trinajstić information content (AvgIpc) is 3.41. The second-order valence-corrected chi connectivity index (χ2v) is 6.27. The summed E-state index contributed by atoms with van der Waals surface area (Å²) in [6, 6.07) is 20.4. The summed E-state index contributed by atoms with van der Waals surface area (Å²) >= 11 is 0. The minimum absolute atomic E-state index is 0.129. The van der Waals surface area contributed by atoms with Crippen molar-refractivity contribution < 1.29 is 13.6 Å². The Hall–Kier alpha value is -3.81. The fourth-order valence-corrected chi connectivity index (χ4v) is 3.01. The summed E-state index contributed by atoms with van der Waals surface area (Å²) in [4.78, 5) is 12.4. The molecule has 0 radical (unpaired) electrons. The number of nitrogens with zero attached hydrogens (tertiary/aromatic N) is 4. The molecule has 0 spiro atoms. The van der Waals surface area contributed by atoms with Gasteiger partial charge in [-0.2, -0.15) is 23.7 Å². The maximum atomic E-state index is 13.0. The first kappa shape index (κ1) is 18.5. The topological polar surface area (TPSA) is 64.7 Å². The molecule has 1 amide bonds. The van der Waals surface area contributed by atoms with Gasteiger partial charge in [-0.05, 0) is 18.2 Å². The first-order chi connectivity index (χ1) is 14.1. The molecule has 2 aromatic carbocycles. The van der Waals surface area contributed by atoms with E-state index in [9.17, 15) is 13.6 Å². The van der Waals surface area contributed by atoms with Crippen LogP contribution in [-0.2, 0) is 6.54 Å². The molecule has 0 fully saturated rings. The molecule has 0 unspecified atom stereocenters. The maximum absolute atomic E-state index is 13.0. The number of para-hydroxylation sites is 1. The molecule has 146 valence electrons. The molecular formula is C21H17F2N5O. The number of carbonyl (C=O) groups excluding carboxylic acids is 1. The van der Waals surface area contributed by atoms with E-state index in [-0.39, 0.29) is 12.2 Å². The van der Waals surface area contributed by atoms with E-state index in [1.807, 2.05) is 66.9 Å². The van der Waals surface area contributed by atoms with Gasteiger partial charge in [-0.15, -0.1) is 0 Å². The number of carbonyl (C=O) groups is 1. The number of amides is 1. The smallest absolute Gasteiger partial charge is 0.333 e. The van der Waals surface area contributed by atoms with Gasteiger partial charge in [0.05, 0.1) is 11.4 Å². The molecule has 0 atom stereocenters. The number of halogens is 2. The number of benzene rings is 2. The zero-order chi connectivity index (χ0) is 20.2. The molecule has 8 heteroatoms. The predicted octanol–water partition coefficient (Wildman–Crippen LogP) is 4.06. The van der Waals surface area contributed by atoms with E-state index in [1.165, 1.54) is 12.3 Å². The van der Waals surface area contributed by atoms with Crippen LogP contribution in [0.3, 0.4) is 0 Å². The van der Waals surface area contributed by atoms with Crippen molar-refractivity contribution in [3.05, 3.63) is 90.4 Å². The zero-order valence-corrected chi connectivity index (χ0v) is 15.2. The Balaban J connectivity index is 1.63. The third kappa shape index (κ3) is 3.91. The largest absolute Gasteiger partial charge is 0.346 e. The fraction of sp³-hybridized carbons (Fsp3) is 0.0952. The number of nitrogens with one attached hydrogen (secondary N) is 1. The quantitative estimate of drug-likeness (QED) is 0.537. The van der Waals surface area contributed by atoms with E-state index < -0.39 is 12.5 Å². The van der Waals surface area contributed by atoms with Crippen molar-refractivity contribution in [3.8, 4) is 16.9 Å². The summed E-state index contributed by atoms with van der Waals surface area (Å²) in [6.45, 7) is -2.75. The Bertz CT molecular complexity index is 1110. The van der Waals surface area contributed by atoms with Crippen LogP contribution in [-0.4, -0.2) is 25.5 Å². The Kier molecular flexibility index (Phi) is 5.15. The minimum atomic E-state index is -2.88. The number of aromatic nitrogens is 4. The number of hydrogen-bond donors (Lipinski definition) is 1. The van der Waals surface area contributed by atoms with Gasteiger partial charge < -0.3 is 5.32 Å². The summed E-state index contributed by atoms with van der Waals surface area (Å²) in [6.07, 6.45) is 2.99. The first-order valence-corrected chi connectivity index (χ1v) is 8.93. The second-order valence-electron chi connectivity index (χ2n) is 6.27. The van der Waals surface area contributed by atoms with Crippen LogP contribution in [0.5, 0.6) is 0 Å². The molecular weight excluding hydrogens is 376 g/mol. The monoisotopic (exact) mass is 393 g/mol. The fourth-order valence-electron chi connectivity index (χ4n) is 3.01. The highest BCUT2D eigenvalue weighted by atomic mass is 19.3. The number of hydrogen-bond acceptors (Lipinski definition) is 3. The van der Waals surface area contributed by atoms with E-state index in [0.717, 1.165) is 16.8 Å². The SMILES string of the molecule is O=C(NCc1cn(-c2ccccc2)nc1-c1ccccc1)c1ccnn1C(F)F. The van der Waals surface area contributed by atoms with Gasteiger partial charge >= 0.3 is 6.55 Å². The Morgan fingerprint density at radius 2 is 1.69 bits per heavy atom. The summed E-state index contributed by atoms with van der Waals surface area (Å²) in [5, 5.41) is 10.8. The standard InChI is InChI=1S/C21H17F2N5O/c22-21(23)28-18(11-12-25-28)20(29)24-13-16-14-27(17-9-5-2-6-10-17)26-19(16)15-7-3-1-4-8-15/h1-12,14,21H,13H2,(H,24,29). The van der Waals surface area contributed by atoms with Gasteiger partial charge in [0.25, 0.3) is 5.91 Å². The van der Waals surface area contributed by atoms with Crippen LogP contribution in [0.2, 0.25) is 0 Å². The highest BCUT2D eigenvalue weighted by Gasteiger charge is 2.19. The van der Waals surface area contributed by atoms with Crippen molar-refractivity contribution in [2.75, 3.05) is 0 Å². The number of alkyl halides is 2.